The second-order valence-electron chi connectivity index (χ2n) is 12.7. The van der Waals surface area contributed by atoms with Gasteiger partial charge in [-0.3, -0.25) is 9.69 Å². The highest BCUT2D eigenvalue weighted by molar-refractivity contribution is 5.88. The molecule has 4 aliphatic heterocycles. The standard InChI is InChI=1S/C32H44N2O7/c1-6-33(7-2)26(35)19-32(13-8-11-30(3,4)41-32)29(36)40-28-25(37-5)18-31-12-9-14-34(31)15-10-21-16-23-24(39-20-38-23)17-22(21)27(28)31/h16-18,27-28H,6-15,19-20H2,1-5H3/t27-,28?,31+,32?/m1/s1. The van der Waals surface area contributed by atoms with Crippen LogP contribution in [0.25, 0.3) is 0 Å². The molecule has 4 heterocycles. The van der Waals surface area contributed by atoms with E-state index in [1.165, 1.54) is 5.56 Å². The molecule has 4 atom stereocenters. The van der Waals surface area contributed by atoms with Gasteiger partial charge < -0.3 is 28.6 Å². The molecule has 9 nitrogen and oxygen atoms in total. The van der Waals surface area contributed by atoms with Gasteiger partial charge in [0.15, 0.2) is 23.2 Å². The van der Waals surface area contributed by atoms with Crippen molar-refractivity contribution in [1.82, 2.24) is 9.80 Å². The van der Waals surface area contributed by atoms with Gasteiger partial charge in [0.1, 0.15) is 5.76 Å². The Balaban J connectivity index is 1.39. The lowest BCUT2D eigenvalue weighted by atomic mass is 9.77. The molecule has 0 bridgehead atoms. The van der Waals surface area contributed by atoms with Crippen molar-refractivity contribution in [3.05, 3.63) is 35.1 Å². The second-order valence-corrected chi connectivity index (χ2v) is 12.7. The third-order valence-corrected chi connectivity index (χ3v) is 9.95. The zero-order chi connectivity index (χ0) is 29.0. The summed E-state index contributed by atoms with van der Waals surface area (Å²) in [5.41, 5.74) is 0.0614. The zero-order valence-corrected chi connectivity index (χ0v) is 25.1. The Morgan fingerprint density at radius 1 is 1.05 bits per heavy atom. The number of fused-ring (bicyclic) bond motifs is 3. The molecule has 6 rings (SSSR count). The van der Waals surface area contributed by atoms with Crippen molar-refractivity contribution >= 4 is 11.9 Å². The van der Waals surface area contributed by atoms with Crippen LogP contribution in [0.4, 0.5) is 0 Å². The van der Waals surface area contributed by atoms with Crippen LogP contribution in [-0.2, 0) is 30.2 Å². The number of ether oxygens (including phenoxy) is 5. The van der Waals surface area contributed by atoms with Gasteiger partial charge >= 0.3 is 5.97 Å². The molecule has 2 fully saturated rings. The predicted octanol–water partition coefficient (Wildman–Crippen LogP) is 4.32. The van der Waals surface area contributed by atoms with Gasteiger partial charge in [0, 0.05) is 19.6 Å². The summed E-state index contributed by atoms with van der Waals surface area (Å²) < 4.78 is 30.6. The van der Waals surface area contributed by atoms with Crippen LogP contribution in [0.1, 0.15) is 83.3 Å². The van der Waals surface area contributed by atoms with Crippen molar-refractivity contribution in [2.75, 3.05) is 40.1 Å². The van der Waals surface area contributed by atoms with E-state index in [2.05, 4.69) is 23.1 Å². The maximum atomic E-state index is 14.5. The van der Waals surface area contributed by atoms with E-state index >= 15 is 0 Å². The van der Waals surface area contributed by atoms with Gasteiger partial charge in [-0.25, -0.2) is 4.79 Å². The minimum atomic E-state index is -1.35. The Morgan fingerprint density at radius 3 is 2.51 bits per heavy atom. The number of carbonyl (C=O) groups excluding carboxylic acids is 2. The topological polar surface area (TPSA) is 86.8 Å². The fourth-order valence-corrected chi connectivity index (χ4v) is 8.02. The fraction of sp³-hybridized carbons (Fsp3) is 0.688. The Labute approximate surface area is 243 Å². The maximum absolute atomic E-state index is 14.5. The molecule has 0 aromatic heterocycles. The highest BCUT2D eigenvalue weighted by atomic mass is 16.7. The molecule has 5 aliphatic rings. The van der Waals surface area contributed by atoms with Crippen LogP contribution < -0.4 is 9.47 Å². The molecule has 1 aromatic rings. The number of hydrogen-bond donors (Lipinski definition) is 0. The Morgan fingerprint density at radius 2 is 1.80 bits per heavy atom. The molecular weight excluding hydrogens is 524 g/mol. The van der Waals surface area contributed by atoms with Crippen LogP contribution in [0.5, 0.6) is 11.5 Å². The number of rotatable bonds is 7. The summed E-state index contributed by atoms with van der Waals surface area (Å²) in [6.45, 7) is 11.1. The molecule has 2 unspecified atom stereocenters. The Bertz CT molecular complexity index is 1240. The molecule has 1 aliphatic carbocycles. The molecule has 1 spiro atoms. The first-order chi connectivity index (χ1) is 19.6. The smallest absolute Gasteiger partial charge is 0.339 e. The number of methoxy groups -OCH3 is 1. The number of nitrogens with zero attached hydrogens (tertiary/aromatic N) is 2. The lowest BCUT2D eigenvalue weighted by molar-refractivity contribution is -0.215. The third kappa shape index (κ3) is 4.69. The van der Waals surface area contributed by atoms with Gasteiger partial charge in [-0.1, -0.05) is 0 Å². The van der Waals surface area contributed by atoms with Crippen molar-refractivity contribution in [1.29, 1.82) is 0 Å². The summed E-state index contributed by atoms with van der Waals surface area (Å²) in [5, 5.41) is 0. The Hall–Kier alpha value is -2.78. The first-order valence-corrected chi connectivity index (χ1v) is 15.3. The van der Waals surface area contributed by atoms with Crippen molar-refractivity contribution in [2.24, 2.45) is 0 Å². The van der Waals surface area contributed by atoms with E-state index in [1.807, 2.05) is 27.7 Å². The summed E-state index contributed by atoms with van der Waals surface area (Å²) in [6, 6.07) is 4.17. The molecule has 1 amide bonds. The van der Waals surface area contributed by atoms with Gasteiger partial charge in [-0.2, -0.15) is 0 Å². The number of carbonyl (C=O) groups is 2. The SMILES string of the molecule is CCN(CC)C(=O)CC1(C(=O)OC2C(OC)=C[C@]34CCCN3CCc3cc5c(cc3[C@H]24)OCO5)CCCC(C)(C)O1. The highest BCUT2D eigenvalue weighted by Crippen LogP contribution is 2.56. The van der Waals surface area contributed by atoms with Crippen LogP contribution in [0.3, 0.4) is 0 Å². The maximum Gasteiger partial charge on any atom is 0.339 e. The molecule has 2 saturated heterocycles. The van der Waals surface area contributed by atoms with E-state index in [0.717, 1.165) is 62.3 Å². The zero-order valence-electron chi connectivity index (χ0n) is 25.1. The van der Waals surface area contributed by atoms with Crippen molar-refractivity contribution in [3.8, 4) is 11.5 Å². The molecule has 9 heteroatoms. The van der Waals surface area contributed by atoms with E-state index in [0.29, 0.717) is 25.3 Å². The highest BCUT2D eigenvalue weighted by Gasteiger charge is 2.60. The van der Waals surface area contributed by atoms with Crippen molar-refractivity contribution in [3.63, 3.8) is 0 Å². The molecule has 0 N–H and O–H groups in total. The monoisotopic (exact) mass is 568 g/mol. The van der Waals surface area contributed by atoms with Crippen molar-refractivity contribution in [2.45, 2.75) is 101 Å². The molecule has 41 heavy (non-hydrogen) atoms. The fourth-order valence-electron chi connectivity index (χ4n) is 8.02. The average molecular weight is 569 g/mol. The second kappa shape index (κ2) is 10.5. The number of hydrogen-bond acceptors (Lipinski definition) is 8. The van der Waals surface area contributed by atoms with E-state index in [1.54, 1.807) is 12.0 Å². The average Bonchev–Trinajstić information content (AvgIpc) is 3.62. The van der Waals surface area contributed by atoms with Gasteiger partial charge in [0.2, 0.25) is 12.7 Å². The largest absolute Gasteiger partial charge is 0.497 e. The molecule has 224 valence electrons. The summed E-state index contributed by atoms with van der Waals surface area (Å²) in [7, 11) is 1.65. The van der Waals surface area contributed by atoms with E-state index in [4.69, 9.17) is 23.7 Å². The van der Waals surface area contributed by atoms with Crippen LogP contribution in [0.2, 0.25) is 0 Å². The first kappa shape index (κ1) is 28.3. The van der Waals surface area contributed by atoms with E-state index < -0.39 is 23.3 Å². The molecular formula is C32H44N2O7. The number of amides is 1. The quantitative estimate of drug-likeness (QED) is 0.450. The summed E-state index contributed by atoms with van der Waals surface area (Å²) >= 11 is 0. The van der Waals surface area contributed by atoms with E-state index in [9.17, 15) is 9.59 Å². The lowest BCUT2D eigenvalue weighted by Gasteiger charge is -2.45. The summed E-state index contributed by atoms with van der Waals surface area (Å²) in [4.78, 5) is 32.1. The van der Waals surface area contributed by atoms with Crippen LogP contribution in [0.15, 0.2) is 24.0 Å². The van der Waals surface area contributed by atoms with Crippen molar-refractivity contribution < 1.29 is 33.3 Å². The van der Waals surface area contributed by atoms with Crippen LogP contribution in [-0.4, -0.2) is 84.6 Å². The number of esters is 1. The van der Waals surface area contributed by atoms with Gasteiger partial charge in [-0.15, -0.1) is 0 Å². The van der Waals surface area contributed by atoms with Gasteiger partial charge in [0.05, 0.1) is 30.6 Å². The predicted molar refractivity (Wildman–Crippen MR) is 152 cm³/mol. The minimum Gasteiger partial charge on any atom is -0.497 e. The lowest BCUT2D eigenvalue weighted by Crippen LogP contribution is -2.55. The minimum absolute atomic E-state index is 0.0348. The summed E-state index contributed by atoms with van der Waals surface area (Å²) in [5.74, 6) is 1.39. The third-order valence-electron chi connectivity index (χ3n) is 9.95. The summed E-state index contributed by atoms with van der Waals surface area (Å²) in [6.07, 6.45) is 6.42. The van der Waals surface area contributed by atoms with E-state index in [-0.39, 0.29) is 30.6 Å². The van der Waals surface area contributed by atoms with Gasteiger partial charge in [-0.05, 0) is 102 Å². The molecule has 0 saturated carbocycles. The van der Waals surface area contributed by atoms with Gasteiger partial charge in [0.25, 0.3) is 0 Å². The molecule has 0 radical (unpaired) electrons. The van der Waals surface area contributed by atoms with Crippen LogP contribution in [0, 0.1) is 0 Å². The number of benzene rings is 1. The Kier molecular flexibility index (Phi) is 7.25. The molecule has 1 aromatic carbocycles. The first-order valence-electron chi connectivity index (χ1n) is 15.3. The normalized spacial score (nSPS) is 31.4. The van der Waals surface area contributed by atoms with Crippen LogP contribution >= 0.6 is 0 Å².